The van der Waals surface area contributed by atoms with Crippen molar-refractivity contribution >= 4 is 12.1 Å². The first-order valence-electron chi connectivity index (χ1n) is 11.0. The lowest BCUT2D eigenvalue weighted by Crippen LogP contribution is -2.70. The van der Waals surface area contributed by atoms with Crippen LogP contribution in [0.1, 0.15) is 35.9 Å². The van der Waals surface area contributed by atoms with Gasteiger partial charge in [-0.2, -0.15) is 13.2 Å². The second-order valence-electron chi connectivity index (χ2n) is 8.70. The molecule has 188 valence electrons. The Labute approximate surface area is 192 Å². The summed E-state index contributed by atoms with van der Waals surface area (Å²) in [5.74, 6) is -0.192. The van der Waals surface area contributed by atoms with Gasteiger partial charge in [0.05, 0.1) is 12.6 Å². The SMILES string of the molecule is O=C1NC(N[C@H](c2cccc(C3CN(CC(F)(F)F)C3)c2)C(F)F)NC(=O)N1C1CCOCC1. The molecule has 0 aliphatic carbocycles. The van der Waals surface area contributed by atoms with Crippen LogP contribution >= 0.6 is 0 Å². The van der Waals surface area contributed by atoms with Gasteiger partial charge < -0.3 is 15.4 Å². The normalized spacial score (nSPS) is 22.5. The van der Waals surface area contributed by atoms with E-state index < -0.39 is 43.5 Å². The summed E-state index contributed by atoms with van der Waals surface area (Å²) in [6, 6.07) is 3.03. The molecule has 0 saturated carbocycles. The number of nitrogens with zero attached hydrogens (tertiary/aromatic N) is 2. The lowest BCUT2D eigenvalue weighted by Gasteiger charge is -2.40. The van der Waals surface area contributed by atoms with Crippen LogP contribution in [0.4, 0.5) is 31.5 Å². The van der Waals surface area contributed by atoms with Gasteiger partial charge in [-0.3, -0.25) is 10.2 Å². The molecular formula is C21H26F5N5O3. The van der Waals surface area contributed by atoms with Crippen molar-refractivity contribution in [3.05, 3.63) is 35.4 Å². The van der Waals surface area contributed by atoms with Crippen molar-refractivity contribution in [3.63, 3.8) is 0 Å². The van der Waals surface area contributed by atoms with Crippen LogP contribution in [0.5, 0.6) is 0 Å². The van der Waals surface area contributed by atoms with Crippen molar-refractivity contribution in [2.75, 3.05) is 32.8 Å². The van der Waals surface area contributed by atoms with Gasteiger partial charge in [0, 0.05) is 38.3 Å². The highest BCUT2D eigenvalue weighted by Crippen LogP contribution is 2.32. The number of benzene rings is 1. The third kappa shape index (κ3) is 5.76. The van der Waals surface area contributed by atoms with Crippen molar-refractivity contribution in [2.45, 2.75) is 49.7 Å². The predicted molar refractivity (Wildman–Crippen MR) is 110 cm³/mol. The third-order valence-corrected chi connectivity index (χ3v) is 6.23. The minimum Gasteiger partial charge on any atom is -0.381 e. The highest BCUT2D eigenvalue weighted by Gasteiger charge is 2.40. The van der Waals surface area contributed by atoms with Gasteiger partial charge in [0.15, 0.2) is 6.29 Å². The molecule has 0 radical (unpaired) electrons. The minimum absolute atomic E-state index is 0.187. The Morgan fingerprint density at radius 3 is 2.32 bits per heavy atom. The molecular weight excluding hydrogens is 465 g/mol. The first-order chi connectivity index (χ1) is 16.1. The molecule has 34 heavy (non-hydrogen) atoms. The van der Waals surface area contributed by atoms with E-state index in [2.05, 4.69) is 16.0 Å². The predicted octanol–water partition coefficient (Wildman–Crippen LogP) is 2.74. The van der Waals surface area contributed by atoms with E-state index in [0.717, 1.165) is 4.90 Å². The number of halogens is 5. The van der Waals surface area contributed by atoms with Crippen LogP contribution in [0.2, 0.25) is 0 Å². The number of amides is 4. The Morgan fingerprint density at radius 2 is 1.74 bits per heavy atom. The molecule has 0 bridgehead atoms. The maximum atomic E-state index is 13.9. The van der Waals surface area contributed by atoms with E-state index in [9.17, 15) is 31.5 Å². The number of carbonyl (C=O) groups excluding carboxylic acids is 2. The lowest BCUT2D eigenvalue weighted by atomic mass is 9.89. The quantitative estimate of drug-likeness (QED) is 0.511. The van der Waals surface area contributed by atoms with Gasteiger partial charge in [-0.15, -0.1) is 0 Å². The number of urea groups is 2. The summed E-state index contributed by atoms with van der Waals surface area (Å²) in [5, 5.41) is 7.56. The van der Waals surface area contributed by atoms with Crippen LogP contribution in [0, 0.1) is 0 Å². The number of likely N-dealkylation sites (tertiary alicyclic amines) is 1. The molecule has 0 unspecified atom stereocenters. The summed E-state index contributed by atoms with van der Waals surface area (Å²) in [4.78, 5) is 27.3. The molecule has 0 spiro atoms. The molecule has 3 saturated heterocycles. The molecule has 3 N–H and O–H groups in total. The van der Waals surface area contributed by atoms with E-state index in [-0.39, 0.29) is 30.6 Å². The number of imide groups is 1. The van der Waals surface area contributed by atoms with Gasteiger partial charge in [-0.1, -0.05) is 24.3 Å². The second-order valence-corrected chi connectivity index (χ2v) is 8.70. The smallest absolute Gasteiger partial charge is 0.381 e. The van der Waals surface area contributed by atoms with Gasteiger partial charge in [0.2, 0.25) is 0 Å². The second kappa shape index (κ2) is 10.0. The van der Waals surface area contributed by atoms with Crippen LogP contribution in [0.3, 0.4) is 0 Å². The molecule has 1 aromatic carbocycles. The Bertz CT molecular complexity index is 872. The van der Waals surface area contributed by atoms with Crippen molar-refractivity contribution in [1.29, 1.82) is 0 Å². The van der Waals surface area contributed by atoms with Crippen molar-refractivity contribution in [1.82, 2.24) is 25.8 Å². The summed E-state index contributed by atoms with van der Waals surface area (Å²) in [6.45, 7) is 0.208. The summed E-state index contributed by atoms with van der Waals surface area (Å²) >= 11 is 0. The van der Waals surface area contributed by atoms with Gasteiger partial charge in [-0.25, -0.2) is 23.3 Å². The number of hydrogen-bond acceptors (Lipinski definition) is 5. The average Bonchev–Trinajstić information content (AvgIpc) is 2.74. The lowest BCUT2D eigenvalue weighted by molar-refractivity contribution is -0.154. The van der Waals surface area contributed by atoms with E-state index in [1.165, 1.54) is 17.0 Å². The number of ether oxygens (including phenoxy) is 1. The fraction of sp³-hybridized carbons (Fsp3) is 0.619. The van der Waals surface area contributed by atoms with Gasteiger partial charge in [0.1, 0.15) is 0 Å². The highest BCUT2D eigenvalue weighted by atomic mass is 19.4. The summed E-state index contributed by atoms with van der Waals surface area (Å²) in [7, 11) is 0. The molecule has 3 heterocycles. The Morgan fingerprint density at radius 1 is 1.09 bits per heavy atom. The average molecular weight is 491 g/mol. The minimum atomic E-state index is -4.29. The fourth-order valence-electron chi connectivity index (χ4n) is 4.54. The van der Waals surface area contributed by atoms with E-state index >= 15 is 0 Å². The molecule has 1 atom stereocenters. The molecule has 4 rings (SSSR count). The van der Waals surface area contributed by atoms with Crippen LogP contribution in [-0.2, 0) is 4.74 Å². The molecule has 13 heteroatoms. The van der Waals surface area contributed by atoms with E-state index in [4.69, 9.17) is 4.74 Å². The molecule has 3 fully saturated rings. The largest absolute Gasteiger partial charge is 0.401 e. The van der Waals surface area contributed by atoms with Crippen molar-refractivity contribution < 1.29 is 36.3 Å². The molecule has 4 amide bonds. The number of carbonyl (C=O) groups is 2. The van der Waals surface area contributed by atoms with Crippen molar-refractivity contribution in [2.24, 2.45) is 0 Å². The zero-order valence-electron chi connectivity index (χ0n) is 18.2. The summed E-state index contributed by atoms with van der Waals surface area (Å²) in [5.41, 5.74) is 0.864. The Hall–Kier alpha value is -2.51. The van der Waals surface area contributed by atoms with Crippen LogP contribution in [0.15, 0.2) is 24.3 Å². The molecule has 1 aromatic rings. The summed E-state index contributed by atoms with van der Waals surface area (Å²) < 4.78 is 70.7. The maximum absolute atomic E-state index is 13.9. The van der Waals surface area contributed by atoms with Crippen molar-refractivity contribution in [3.8, 4) is 0 Å². The molecule has 8 nitrogen and oxygen atoms in total. The van der Waals surface area contributed by atoms with Gasteiger partial charge >= 0.3 is 18.2 Å². The van der Waals surface area contributed by atoms with E-state index in [0.29, 0.717) is 31.6 Å². The molecule has 3 aliphatic heterocycles. The summed E-state index contributed by atoms with van der Waals surface area (Å²) in [6.07, 6.45) is -7.39. The number of hydrogen-bond donors (Lipinski definition) is 3. The molecule has 3 aliphatic rings. The standard InChI is InChI=1S/C21H26F5N5O3/c22-17(23)16(13-3-1-2-12(8-13)14-9-30(10-14)11-21(24,25)26)27-18-28-19(32)31(20(33)29-18)15-4-6-34-7-5-15/h1-3,8,14-18,27H,4-7,9-11H2,(H,28,32)(H,29,33)/t16-/m1/s1. The number of rotatable bonds is 7. The van der Waals surface area contributed by atoms with Crippen LogP contribution in [-0.4, -0.2) is 79.6 Å². The number of nitrogens with one attached hydrogen (secondary N) is 3. The fourth-order valence-corrected chi connectivity index (χ4v) is 4.54. The first-order valence-corrected chi connectivity index (χ1v) is 11.0. The molecule has 0 aromatic heterocycles. The van der Waals surface area contributed by atoms with Gasteiger partial charge in [-0.05, 0) is 24.0 Å². The monoisotopic (exact) mass is 491 g/mol. The maximum Gasteiger partial charge on any atom is 0.401 e. The van der Waals surface area contributed by atoms with E-state index in [1.807, 2.05) is 0 Å². The Kier molecular flexibility index (Phi) is 7.24. The zero-order valence-corrected chi connectivity index (χ0v) is 18.2. The topological polar surface area (TPSA) is 85.9 Å². The van der Waals surface area contributed by atoms with E-state index in [1.54, 1.807) is 12.1 Å². The Balaban J connectivity index is 1.39. The third-order valence-electron chi connectivity index (χ3n) is 6.23. The van der Waals surface area contributed by atoms with Crippen LogP contribution in [0.25, 0.3) is 0 Å². The highest BCUT2D eigenvalue weighted by molar-refractivity contribution is 5.96. The van der Waals surface area contributed by atoms with Crippen LogP contribution < -0.4 is 16.0 Å². The first kappa shape index (κ1) is 24.6. The van der Waals surface area contributed by atoms with Gasteiger partial charge in [0.25, 0.3) is 6.43 Å². The zero-order chi connectivity index (χ0) is 24.5. The number of alkyl halides is 5.